The summed E-state index contributed by atoms with van der Waals surface area (Å²) >= 11 is 0. The fraction of sp³-hybridized carbons (Fsp3) is 0.0909. The van der Waals surface area contributed by atoms with Crippen LogP contribution >= 0.6 is 0 Å². The molecule has 0 saturated heterocycles. The molecule has 0 fully saturated rings. The summed E-state index contributed by atoms with van der Waals surface area (Å²) in [6, 6.07) is 28.7. The van der Waals surface area contributed by atoms with E-state index in [1.54, 1.807) is 6.07 Å². The molecule has 34 heavy (non-hydrogen) atoms. The number of aromatic hydroxyl groups is 1. The second-order valence-corrected chi connectivity index (χ2v) is 8.57. The van der Waals surface area contributed by atoms with Gasteiger partial charge in [-0.05, 0) is 71.3 Å². The highest BCUT2D eigenvalue weighted by Gasteiger charge is 2.08. The molecule has 0 saturated carbocycles. The molecule has 0 aliphatic carbocycles. The van der Waals surface area contributed by atoms with Gasteiger partial charge >= 0.3 is 0 Å². The molecular formula is C33H30O. The van der Waals surface area contributed by atoms with Crippen LogP contribution in [-0.4, -0.2) is 5.11 Å². The molecule has 0 bridgehead atoms. The van der Waals surface area contributed by atoms with Gasteiger partial charge in [-0.15, -0.1) is 0 Å². The zero-order valence-corrected chi connectivity index (χ0v) is 20.0. The molecule has 0 spiro atoms. The number of rotatable bonds is 6. The smallest absolute Gasteiger partial charge is 0.123 e. The third-order valence-electron chi connectivity index (χ3n) is 6.16. The zero-order chi connectivity index (χ0) is 23.9. The van der Waals surface area contributed by atoms with Gasteiger partial charge in [-0.1, -0.05) is 115 Å². The first-order chi connectivity index (χ1) is 16.5. The maximum atomic E-state index is 10.8. The van der Waals surface area contributed by atoms with Crippen molar-refractivity contribution in [3.8, 4) is 5.75 Å². The van der Waals surface area contributed by atoms with Crippen LogP contribution in [0.25, 0.3) is 36.5 Å². The van der Waals surface area contributed by atoms with Gasteiger partial charge in [-0.25, -0.2) is 0 Å². The molecule has 1 nitrogen and oxygen atoms in total. The monoisotopic (exact) mass is 442 g/mol. The summed E-state index contributed by atoms with van der Waals surface area (Å²) in [5.41, 5.74) is 9.97. The van der Waals surface area contributed by atoms with Gasteiger partial charge in [0.05, 0.1) is 0 Å². The number of hydrogen-bond donors (Lipinski definition) is 1. The Labute approximate surface area is 203 Å². The Balaban J connectivity index is 1.82. The van der Waals surface area contributed by atoms with Crippen LogP contribution < -0.4 is 0 Å². The Morgan fingerprint density at radius 3 is 1.26 bits per heavy atom. The molecule has 4 aromatic carbocycles. The van der Waals surface area contributed by atoms with Crippen molar-refractivity contribution < 1.29 is 5.11 Å². The number of phenols is 1. The van der Waals surface area contributed by atoms with Gasteiger partial charge < -0.3 is 5.11 Å². The average Bonchev–Trinajstić information content (AvgIpc) is 2.84. The second kappa shape index (κ2) is 10.7. The Kier molecular flexibility index (Phi) is 7.25. The third-order valence-corrected chi connectivity index (χ3v) is 6.16. The van der Waals surface area contributed by atoms with Gasteiger partial charge in [0, 0.05) is 5.56 Å². The van der Waals surface area contributed by atoms with Crippen LogP contribution in [0.15, 0.2) is 84.9 Å². The van der Waals surface area contributed by atoms with Gasteiger partial charge in [-0.3, -0.25) is 0 Å². The summed E-state index contributed by atoms with van der Waals surface area (Å²) < 4.78 is 0. The first kappa shape index (κ1) is 23.1. The quantitative estimate of drug-likeness (QED) is 0.296. The molecule has 0 atom stereocenters. The molecule has 1 heteroatoms. The molecule has 0 heterocycles. The molecule has 4 aromatic rings. The summed E-state index contributed by atoms with van der Waals surface area (Å²) in [6.07, 6.45) is 12.6. The van der Waals surface area contributed by atoms with Gasteiger partial charge in [0.25, 0.3) is 0 Å². The summed E-state index contributed by atoms with van der Waals surface area (Å²) in [5, 5.41) is 10.8. The fourth-order valence-corrected chi connectivity index (χ4v) is 4.00. The highest BCUT2D eigenvalue weighted by atomic mass is 16.3. The van der Waals surface area contributed by atoms with E-state index < -0.39 is 0 Å². The number of benzene rings is 4. The van der Waals surface area contributed by atoms with Crippen molar-refractivity contribution in [1.29, 1.82) is 0 Å². The molecule has 0 unspecified atom stereocenters. The minimum Gasteiger partial charge on any atom is -0.507 e. The molecule has 1 N–H and O–H groups in total. The minimum absolute atomic E-state index is 0.266. The van der Waals surface area contributed by atoms with E-state index in [4.69, 9.17) is 0 Å². The van der Waals surface area contributed by atoms with Gasteiger partial charge in [0.1, 0.15) is 5.75 Å². The molecule has 4 rings (SSSR count). The van der Waals surface area contributed by atoms with Crippen LogP contribution in [0.5, 0.6) is 5.75 Å². The molecule has 0 aliphatic rings. The van der Waals surface area contributed by atoms with E-state index in [1.165, 1.54) is 22.3 Å². The summed E-state index contributed by atoms with van der Waals surface area (Å²) in [4.78, 5) is 0. The van der Waals surface area contributed by atoms with Crippen LogP contribution in [-0.2, 0) is 0 Å². The topological polar surface area (TPSA) is 20.2 Å². The summed E-state index contributed by atoms with van der Waals surface area (Å²) in [7, 11) is 0. The molecular weight excluding hydrogens is 412 g/mol. The van der Waals surface area contributed by atoms with Crippen molar-refractivity contribution >= 4 is 36.5 Å². The first-order valence-electron chi connectivity index (χ1n) is 11.6. The van der Waals surface area contributed by atoms with E-state index in [2.05, 4.69) is 99.7 Å². The molecule has 0 amide bonds. The number of hydrogen-bond acceptors (Lipinski definition) is 1. The minimum atomic E-state index is 0.266. The molecule has 168 valence electrons. The van der Waals surface area contributed by atoms with Crippen molar-refractivity contribution in [2.75, 3.05) is 0 Å². The Hall–Kier alpha value is -4.10. The fourth-order valence-electron chi connectivity index (χ4n) is 4.00. The van der Waals surface area contributed by atoms with Crippen molar-refractivity contribution in [1.82, 2.24) is 0 Å². The van der Waals surface area contributed by atoms with E-state index in [0.717, 1.165) is 27.8 Å². The Morgan fingerprint density at radius 1 is 0.412 bits per heavy atom. The molecule has 0 radical (unpaired) electrons. The van der Waals surface area contributed by atoms with Crippen molar-refractivity contribution in [3.63, 3.8) is 0 Å². The average molecular weight is 443 g/mol. The lowest BCUT2D eigenvalue weighted by atomic mass is 9.95. The van der Waals surface area contributed by atoms with Gasteiger partial charge in [-0.2, -0.15) is 0 Å². The van der Waals surface area contributed by atoms with Crippen LogP contribution in [0.2, 0.25) is 0 Å². The number of phenolic OH excluding ortho intramolecular Hbond substituents is 1. The lowest BCUT2D eigenvalue weighted by Crippen LogP contribution is -1.89. The van der Waals surface area contributed by atoms with Gasteiger partial charge in [0.2, 0.25) is 0 Å². The Morgan fingerprint density at radius 2 is 0.794 bits per heavy atom. The Bertz CT molecular complexity index is 1390. The maximum absolute atomic E-state index is 10.8. The van der Waals surface area contributed by atoms with Crippen LogP contribution in [0.1, 0.15) is 50.1 Å². The van der Waals surface area contributed by atoms with E-state index in [9.17, 15) is 5.11 Å². The summed E-state index contributed by atoms with van der Waals surface area (Å²) in [6.45, 7) is 6.33. The van der Waals surface area contributed by atoms with Crippen LogP contribution in [0, 0.1) is 20.8 Å². The van der Waals surface area contributed by atoms with E-state index in [0.29, 0.717) is 0 Å². The van der Waals surface area contributed by atoms with E-state index in [1.807, 2.05) is 36.4 Å². The van der Waals surface area contributed by atoms with E-state index in [-0.39, 0.29) is 5.75 Å². The van der Waals surface area contributed by atoms with Gasteiger partial charge in [0.15, 0.2) is 0 Å². The third kappa shape index (κ3) is 5.44. The van der Waals surface area contributed by atoms with Crippen molar-refractivity contribution in [2.24, 2.45) is 0 Å². The summed E-state index contributed by atoms with van der Waals surface area (Å²) in [5.74, 6) is 0.266. The molecule has 0 aliphatic heterocycles. The predicted molar refractivity (Wildman–Crippen MR) is 148 cm³/mol. The first-order valence-corrected chi connectivity index (χ1v) is 11.6. The van der Waals surface area contributed by atoms with E-state index >= 15 is 0 Å². The SMILES string of the molecule is Cc1ccccc1/C=C/c1ccc(O)c(/C=C/c2ccccc2C)c1/C=C/c1ccccc1C. The lowest BCUT2D eigenvalue weighted by molar-refractivity contribution is 0.474. The lowest BCUT2D eigenvalue weighted by Gasteiger charge is -2.10. The highest BCUT2D eigenvalue weighted by Crippen LogP contribution is 2.31. The predicted octanol–water partition coefficient (Wildman–Crippen LogP) is 8.83. The molecule has 0 aromatic heterocycles. The van der Waals surface area contributed by atoms with Crippen LogP contribution in [0.4, 0.5) is 0 Å². The standard InChI is InChI=1S/C33H30O/c1-24-10-4-7-13-27(24)16-17-30-20-23-33(34)32(22-19-29-15-9-6-12-26(29)3)31(30)21-18-28-14-8-5-11-25(28)2/h4-23,34H,1-3H3/b17-16+,21-18+,22-19+. The van der Waals surface area contributed by atoms with Crippen LogP contribution in [0.3, 0.4) is 0 Å². The van der Waals surface area contributed by atoms with Crippen molar-refractivity contribution in [2.45, 2.75) is 20.8 Å². The maximum Gasteiger partial charge on any atom is 0.123 e. The second-order valence-electron chi connectivity index (χ2n) is 8.57. The highest BCUT2D eigenvalue weighted by molar-refractivity contribution is 5.88. The van der Waals surface area contributed by atoms with Crippen molar-refractivity contribution in [3.05, 3.63) is 135 Å². The number of aryl methyl sites for hydroxylation is 3. The largest absolute Gasteiger partial charge is 0.507 e. The normalized spacial score (nSPS) is 11.7. The zero-order valence-electron chi connectivity index (χ0n) is 20.0.